The van der Waals surface area contributed by atoms with Crippen LogP contribution in [-0.2, 0) is 9.84 Å². The van der Waals surface area contributed by atoms with Crippen LogP contribution in [0.3, 0.4) is 0 Å². The van der Waals surface area contributed by atoms with Crippen LogP contribution in [0.5, 0.6) is 0 Å². The van der Waals surface area contributed by atoms with Gasteiger partial charge in [-0.2, -0.15) is 0 Å². The molecule has 0 saturated heterocycles. The lowest BCUT2D eigenvalue weighted by Crippen LogP contribution is -2.57. The smallest absolute Gasteiger partial charge is 0.182 e. The molecule has 2 saturated carbocycles. The molecule has 3 rings (SSSR count). The number of hydrogen-bond acceptors (Lipinski definition) is 3. The summed E-state index contributed by atoms with van der Waals surface area (Å²) < 4.78 is 25.3. The second-order valence-corrected chi connectivity index (χ2v) is 13.0. The normalized spacial score (nSPS) is 34.4. The van der Waals surface area contributed by atoms with E-state index in [-0.39, 0.29) is 17.1 Å². The van der Waals surface area contributed by atoms with Crippen LogP contribution in [0, 0.1) is 22.7 Å². The monoisotopic (exact) mass is 432 g/mol. The van der Waals surface area contributed by atoms with E-state index < -0.39 is 15.4 Å². The van der Waals surface area contributed by atoms with Gasteiger partial charge in [0.15, 0.2) is 9.84 Å². The Morgan fingerprint density at radius 3 is 2.43 bits per heavy atom. The van der Waals surface area contributed by atoms with Crippen molar-refractivity contribution in [3.8, 4) is 0 Å². The van der Waals surface area contributed by atoms with E-state index in [9.17, 15) is 13.5 Å². The number of aliphatic hydroxyl groups is 1. The highest BCUT2D eigenvalue weighted by atomic mass is 32.2. The number of allylic oxidation sites excluding steroid dienone is 1. The van der Waals surface area contributed by atoms with Crippen LogP contribution in [0.2, 0.25) is 0 Å². The van der Waals surface area contributed by atoms with Crippen molar-refractivity contribution < 1.29 is 13.5 Å². The van der Waals surface area contributed by atoms with Crippen molar-refractivity contribution in [3.63, 3.8) is 0 Å². The summed E-state index contributed by atoms with van der Waals surface area (Å²) >= 11 is 0. The van der Waals surface area contributed by atoms with Crippen LogP contribution >= 0.6 is 0 Å². The van der Waals surface area contributed by atoms with Gasteiger partial charge in [0.25, 0.3) is 0 Å². The Morgan fingerprint density at radius 1 is 1.10 bits per heavy atom. The molecule has 0 amide bonds. The molecule has 0 bridgehead atoms. The molecule has 1 aromatic rings. The van der Waals surface area contributed by atoms with Gasteiger partial charge in [-0.25, -0.2) is 8.42 Å². The minimum Gasteiger partial charge on any atom is -0.390 e. The maximum absolute atomic E-state index is 12.6. The molecular formula is C26H40O3S. The molecule has 2 aliphatic carbocycles. The molecular weight excluding hydrogens is 392 g/mol. The largest absolute Gasteiger partial charge is 0.390 e. The fourth-order valence-corrected chi connectivity index (χ4v) is 8.29. The lowest BCUT2D eigenvalue weighted by Gasteiger charge is -2.61. The predicted octanol–water partition coefficient (Wildman–Crippen LogP) is 6.18. The topological polar surface area (TPSA) is 54.4 Å². The average Bonchev–Trinajstić information content (AvgIpc) is 2.63. The fourth-order valence-electron chi connectivity index (χ4n) is 6.83. The van der Waals surface area contributed by atoms with E-state index in [2.05, 4.69) is 26.8 Å². The third kappa shape index (κ3) is 4.70. The van der Waals surface area contributed by atoms with E-state index in [0.29, 0.717) is 16.2 Å². The van der Waals surface area contributed by atoms with Gasteiger partial charge in [-0.1, -0.05) is 57.0 Å². The molecule has 0 unspecified atom stereocenters. The Hall–Kier alpha value is -1.13. The van der Waals surface area contributed by atoms with Crippen LogP contribution in [0.15, 0.2) is 46.9 Å². The number of benzene rings is 1. The van der Waals surface area contributed by atoms with E-state index in [1.165, 1.54) is 19.3 Å². The van der Waals surface area contributed by atoms with Crippen molar-refractivity contribution in [1.29, 1.82) is 0 Å². The summed E-state index contributed by atoms with van der Waals surface area (Å²) in [6, 6.07) is 8.68. The Morgan fingerprint density at radius 2 is 1.77 bits per heavy atom. The van der Waals surface area contributed by atoms with Crippen LogP contribution in [0.4, 0.5) is 0 Å². The molecule has 4 atom stereocenters. The zero-order valence-corrected chi connectivity index (χ0v) is 20.3. The first-order valence-corrected chi connectivity index (χ1v) is 13.2. The van der Waals surface area contributed by atoms with Gasteiger partial charge in [0.1, 0.15) is 0 Å². The van der Waals surface area contributed by atoms with Crippen molar-refractivity contribution in [3.05, 3.63) is 42.0 Å². The van der Waals surface area contributed by atoms with Crippen molar-refractivity contribution >= 4 is 9.84 Å². The Bertz CT molecular complexity index is 867. The quantitative estimate of drug-likeness (QED) is 0.546. The minimum atomic E-state index is -3.30. The van der Waals surface area contributed by atoms with Crippen molar-refractivity contribution in [2.45, 2.75) is 90.1 Å². The molecule has 2 fully saturated rings. The Kier molecular flexibility index (Phi) is 6.61. The van der Waals surface area contributed by atoms with Crippen molar-refractivity contribution in [2.75, 3.05) is 5.75 Å². The highest BCUT2D eigenvalue weighted by molar-refractivity contribution is 7.91. The summed E-state index contributed by atoms with van der Waals surface area (Å²) in [5, 5.41) is 11.3. The molecule has 2 aliphatic rings. The lowest BCUT2D eigenvalue weighted by atomic mass is 9.45. The maximum Gasteiger partial charge on any atom is 0.182 e. The molecule has 1 N–H and O–H groups in total. The molecule has 0 radical (unpaired) electrons. The third-order valence-electron chi connectivity index (χ3n) is 8.23. The van der Waals surface area contributed by atoms with E-state index >= 15 is 0 Å². The first-order valence-electron chi connectivity index (χ1n) is 11.5. The summed E-state index contributed by atoms with van der Waals surface area (Å²) in [5.41, 5.74) is 0.731. The van der Waals surface area contributed by atoms with Crippen LogP contribution in [0.25, 0.3) is 0 Å². The van der Waals surface area contributed by atoms with Crippen LogP contribution in [-0.4, -0.2) is 24.9 Å². The molecule has 0 aromatic heterocycles. The Labute approximate surface area is 183 Å². The lowest BCUT2D eigenvalue weighted by molar-refractivity contribution is -0.168. The highest BCUT2D eigenvalue weighted by Crippen LogP contribution is 2.62. The van der Waals surface area contributed by atoms with E-state index in [1.807, 2.05) is 19.9 Å². The molecule has 1 aromatic carbocycles. The minimum absolute atomic E-state index is 0.0605. The summed E-state index contributed by atoms with van der Waals surface area (Å²) in [5.74, 6) is 0.955. The second-order valence-electron chi connectivity index (χ2n) is 11.0. The van der Waals surface area contributed by atoms with Crippen molar-refractivity contribution in [1.82, 2.24) is 0 Å². The van der Waals surface area contributed by atoms with Crippen molar-refractivity contribution in [2.24, 2.45) is 22.7 Å². The Balaban J connectivity index is 1.71. The molecule has 0 aliphatic heterocycles. The molecule has 0 heterocycles. The summed E-state index contributed by atoms with van der Waals surface area (Å²) in [6.45, 7) is 11.2. The van der Waals surface area contributed by atoms with Gasteiger partial charge in [0, 0.05) is 0 Å². The number of sulfone groups is 1. The standard InChI is InChI=1S/C26H40O3S/c1-20(19-30(28,29)21-12-7-6-8-13-21)11-9-14-23-25(4)17-10-16-24(2,3)22(25)15-18-26(23,5)27/h6-8,11-13,22-23,27H,9-10,14-19H2,1-5H3/b20-11+/t22-,23+,25-,26+/m0/s1. The highest BCUT2D eigenvalue weighted by Gasteiger charge is 2.57. The summed E-state index contributed by atoms with van der Waals surface area (Å²) in [6.07, 6.45) is 9.49. The van der Waals surface area contributed by atoms with Gasteiger partial charge in [0.2, 0.25) is 0 Å². The summed E-state index contributed by atoms with van der Waals surface area (Å²) in [7, 11) is -3.30. The summed E-state index contributed by atoms with van der Waals surface area (Å²) in [4.78, 5) is 0.382. The van der Waals surface area contributed by atoms with Gasteiger partial charge >= 0.3 is 0 Å². The zero-order chi connectivity index (χ0) is 22.2. The molecule has 168 valence electrons. The van der Waals surface area contributed by atoms with Crippen LogP contribution in [0.1, 0.15) is 79.6 Å². The third-order valence-corrected chi connectivity index (χ3v) is 10.1. The number of fused-ring (bicyclic) bond motifs is 1. The van der Waals surface area contributed by atoms with Crippen LogP contribution < -0.4 is 0 Å². The first-order chi connectivity index (χ1) is 13.9. The van der Waals surface area contributed by atoms with E-state index in [1.54, 1.807) is 24.3 Å². The van der Waals surface area contributed by atoms with Gasteiger partial charge < -0.3 is 5.11 Å². The predicted molar refractivity (Wildman–Crippen MR) is 124 cm³/mol. The van der Waals surface area contributed by atoms with Gasteiger partial charge in [-0.3, -0.25) is 0 Å². The molecule has 4 heteroatoms. The number of hydrogen-bond donors (Lipinski definition) is 1. The zero-order valence-electron chi connectivity index (χ0n) is 19.4. The first kappa shape index (κ1) is 23.5. The SMILES string of the molecule is C/C(=C\CC[C@@H]1[C@@]2(C)CCCC(C)(C)[C@@H]2CC[C@@]1(C)O)CS(=O)(=O)c1ccccc1. The van der Waals surface area contributed by atoms with Gasteiger partial charge in [0.05, 0.1) is 16.2 Å². The second kappa shape index (κ2) is 8.43. The molecule has 0 spiro atoms. The van der Waals surface area contributed by atoms with E-state index in [0.717, 1.165) is 31.3 Å². The molecule has 30 heavy (non-hydrogen) atoms. The van der Waals surface area contributed by atoms with Gasteiger partial charge in [-0.15, -0.1) is 0 Å². The number of rotatable bonds is 6. The average molecular weight is 433 g/mol. The fraction of sp³-hybridized carbons (Fsp3) is 0.692. The molecule has 3 nitrogen and oxygen atoms in total. The maximum atomic E-state index is 12.6. The van der Waals surface area contributed by atoms with E-state index in [4.69, 9.17) is 0 Å². The van der Waals surface area contributed by atoms with Gasteiger partial charge in [-0.05, 0) is 87.2 Å².